The number of anilines is 1. The fourth-order valence-electron chi connectivity index (χ4n) is 3.36. The van der Waals surface area contributed by atoms with Gasteiger partial charge in [-0.3, -0.25) is 9.59 Å². The Hall–Kier alpha value is -3.71. The van der Waals surface area contributed by atoms with Crippen LogP contribution in [0.15, 0.2) is 105 Å². The van der Waals surface area contributed by atoms with Gasteiger partial charge in [-0.15, -0.1) is 0 Å². The number of aliphatic carboxylic acids is 2. The summed E-state index contributed by atoms with van der Waals surface area (Å²) in [5.74, 6) is -1.70. The van der Waals surface area contributed by atoms with Crippen LogP contribution in [0.2, 0.25) is 0 Å². The third-order valence-corrected chi connectivity index (χ3v) is 7.17. The molecule has 2 aromatic carbocycles. The summed E-state index contributed by atoms with van der Waals surface area (Å²) in [4.78, 5) is 26.6. The minimum Gasteiger partial charge on any atom is -0.481 e. The molecule has 184 valence electrons. The molecule has 0 fully saturated rings. The van der Waals surface area contributed by atoms with Crippen molar-refractivity contribution in [3.05, 3.63) is 94.9 Å². The number of nitrogens with two attached hydrogens (primary N) is 1. The molecule has 1 aliphatic rings. The standard InChI is InChI=1S/C27H25N3O4S2/c1-19(35-23-8-4-2-6-21(23)29-16-14-26(31)32)10-11-20(18-28)12-13-25-30(17-15-27(33)34)22-7-3-5-9-24(22)36-25/h2-13,29H,1,14-17H2,(H,31,32)(H,33,34)/p+1/b11-10+,20-12-,25-13-. The summed E-state index contributed by atoms with van der Waals surface area (Å²) in [7, 11) is 0. The Morgan fingerprint density at radius 3 is 2.56 bits per heavy atom. The first kappa shape index (κ1) is 26.9. The SMILES string of the molecule is C=C(/C=C/C(C#N)=C/C=C1\Sc2ccccc2N1CCC(=O)O)Sc1ccccc1[NH2+]CCC(=O)O. The second-order valence-electron chi connectivity index (χ2n) is 7.68. The van der Waals surface area contributed by atoms with Crippen molar-refractivity contribution in [2.24, 2.45) is 0 Å². The highest BCUT2D eigenvalue weighted by Crippen LogP contribution is 2.45. The van der Waals surface area contributed by atoms with Crippen molar-refractivity contribution in [3.63, 3.8) is 0 Å². The van der Waals surface area contributed by atoms with Crippen molar-refractivity contribution in [2.45, 2.75) is 22.6 Å². The van der Waals surface area contributed by atoms with Crippen LogP contribution >= 0.6 is 23.5 Å². The molecule has 0 unspecified atom stereocenters. The number of nitrogens with zero attached hydrogens (tertiary/aromatic N) is 2. The van der Waals surface area contributed by atoms with Crippen molar-refractivity contribution < 1.29 is 25.1 Å². The van der Waals surface area contributed by atoms with Crippen molar-refractivity contribution in [2.75, 3.05) is 18.0 Å². The lowest BCUT2D eigenvalue weighted by molar-refractivity contribution is -0.572. The number of para-hydroxylation sites is 2. The third-order valence-electron chi connectivity index (χ3n) is 5.05. The van der Waals surface area contributed by atoms with Gasteiger partial charge in [0.25, 0.3) is 0 Å². The van der Waals surface area contributed by atoms with E-state index >= 15 is 0 Å². The zero-order chi connectivity index (χ0) is 25.9. The number of benzene rings is 2. The molecule has 1 heterocycles. The summed E-state index contributed by atoms with van der Waals surface area (Å²) in [6.07, 6.45) is 7.08. The van der Waals surface area contributed by atoms with Crippen LogP contribution in [0, 0.1) is 11.3 Å². The third kappa shape index (κ3) is 7.92. The molecule has 0 saturated heterocycles. The van der Waals surface area contributed by atoms with Crippen molar-refractivity contribution in [1.82, 2.24) is 0 Å². The molecule has 4 N–H and O–H groups in total. The number of allylic oxidation sites excluding steroid dienone is 5. The number of carbonyl (C=O) groups is 2. The lowest BCUT2D eigenvalue weighted by Gasteiger charge is -2.19. The van der Waals surface area contributed by atoms with Gasteiger partial charge in [0.2, 0.25) is 0 Å². The summed E-state index contributed by atoms with van der Waals surface area (Å²) in [6.45, 7) is 4.85. The van der Waals surface area contributed by atoms with Gasteiger partial charge < -0.3 is 20.4 Å². The average molecular weight is 521 g/mol. The highest BCUT2D eigenvalue weighted by molar-refractivity contribution is 8.03. The van der Waals surface area contributed by atoms with Crippen molar-refractivity contribution >= 4 is 46.8 Å². The van der Waals surface area contributed by atoms with Crippen LogP contribution in [0.5, 0.6) is 0 Å². The summed E-state index contributed by atoms with van der Waals surface area (Å²) in [5, 5.41) is 30.4. The molecule has 2 aromatic rings. The Morgan fingerprint density at radius 2 is 1.81 bits per heavy atom. The Labute approximate surface area is 218 Å². The molecule has 0 aromatic heterocycles. The molecule has 0 bridgehead atoms. The molecular weight excluding hydrogens is 494 g/mol. The van der Waals surface area contributed by atoms with Crippen LogP contribution in [0.3, 0.4) is 0 Å². The number of carboxylic acid groups (broad SMARTS) is 2. The van der Waals surface area contributed by atoms with E-state index in [2.05, 4.69) is 12.6 Å². The average Bonchev–Trinajstić information content (AvgIpc) is 3.21. The number of fused-ring (bicyclic) bond motifs is 1. The van der Waals surface area contributed by atoms with Gasteiger partial charge in [0.15, 0.2) is 0 Å². The summed E-state index contributed by atoms with van der Waals surface area (Å²) >= 11 is 2.98. The molecule has 36 heavy (non-hydrogen) atoms. The second-order valence-corrected chi connectivity index (χ2v) is 9.91. The number of nitriles is 1. The Bertz CT molecular complexity index is 1280. The fourth-order valence-corrected chi connectivity index (χ4v) is 5.28. The predicted octanol–water partition coefficient (Wildman–Crippen LogP) is 4.90. The van der Waals surface area contributed by atoms with Crippen molar-refractivity contribution in [1.29, 1.82) is 5.26 Å². The fraction of sp³-hybridized carbons (Fsp3) is 0.148. The van der Waals surface area contributed by atoms with Gasteiger partial charge in [-0.05, 0) is 42.5 Å². The maximum Gasteiger partial charge on any atom is 0.309 e. The van der Waals surface area contributed by atoms with Gasteiger partial charge in [0, 0.05) is 22.4 Å². The first-order chi connectivity index (χ1) is 17.4. The second kappa shape index (κ2) is 13.4. The van der Waals surface area contributed by atoms with Gasteiger partial charge in [0.05, 0.1) is 46.6 Å². The largest absolute Gasteiger partial charge is 0.481 e. The molecule has 0 atom stereocenters. The molecule has 9 heteroatoms. The normalized spacial score (nSPS) is 14.1. The maximum atomic E-state index is 11.1. The van der Waals surface area contributed by atoms with E-state index in [-0.39, 0.29) is 12.8 Å². The molecule has 0 radical (unpaired) electrons. The smallest absolute Gasteiger partial charge is 0.309 e. The van der Waals surface area contributed by atoms with Gasteiger partial charge >= 0.3 is 11.9 Å². The lowest BCUT2D eigenvalue weighted by atomic mass is 10.2. The number of thioether (sulfide) groups is 2. The zero-order valence-corrected chi connectivity index (χ0v) is 21.1. The molecular formula is C27H26N3O4S2+. The van der Waals surface area contributed by atoms with E-state index < -0.39 is 11.9 Å². The Morgan fingerprint density at radius 1 is 1.08 bits per heavy atom. The topological polar surface area (TPSA) is 118 Å². The van der Waals surface area contributed by atoms with E-state index in [1.54, 1.807) is 18.2 Å². The number of hydrogen-bond acceptors (Lipinski definition) is 6. The van der Waals surface area contributed by atoms with Crippen LogP contribution in [-0.4, -0.2) is 35.2 Å². The summed E-state index contributed by atoms with van der Waals surface area (Å²) < 4.78 is 0. The van der Waals surface area contributed by atoms with Gasteiger partial charge in [-0.2, -0.15) is 5.26 Å². The highest BCUT2D eigenvalue weighted by Gasteiger charge is 2.24. The van der Waals surface area contributed by atoms with Crippen LogP contribution in [0.25, 0.3) is 0 Å². The number of quaternary nitrogens is 1. The minimum absolute atomic E-state index is 0.00716. The monoisotopic (exact) mass is 520 g/mol. The van der Waals surface area contributed by atoms with E-state index in [1.807, 2.05) is 64.8 Å². The molecule has 0 aliphatic carbocycles. The highest BCUT2D eigenvalue weighted by atomic mass is 32.2. The first-order valence-electron chi connectivity index (χ1n) is 11.1. The minimum atomic E-state index is -0.864. The molecule has 3 rings (SSSR count). The summed E-state index contributed by atoms with van der Waals surface area (Å²) in [5.41, 5.74) is 2.33. The van der Waals surface area contributed by atoms with Gasteiger partial charge in [-0.1, -0.05) is 54.4 Å². The molecule has 1 aliphatic heterocycles. The number of hydrogen-bond donors (Lipinski definition) is 3. The zero-order valence-electron chi connectivity index (χ0n) is 19.5. The van der Waals surface area contributed by atoms with E-state index in [1.165, 1.54) is 23.5 Å². The number of rotatable bonds is 12. The molecule has 0 spiro atoms. The van der Waals surface area contributed by atoms with E-state index in [9.17, 15) is 14.9 Å². The maximum absolute atomic E-state index is 11.1. The van der Waals surface area contributed by atoms with Crippen LogP contribution < -0.4 is 10.2 Å². The van der Waals surface area contributed by atoms with E-state index in [4.69, 9.17) is 10.2 Å². The molecule has 0 amide bonds. The summed E-state index contributed by atoms with van der Waals surface area (Å²) in [6, 6.07) is 17.7. The van der Waals surface area contributed by atoms with Crippen LogP contribution in [0.4, 0.5) is 11.4 Å². The van der Waals surface area contributed by atoms with E-state index in [0.29, 0.717) is 18.7 Å². The van der Waals surface area contributed by atoms with Crippen molar-refractivity contribution in [3.8, 4) is 6.07 Å². The van der Waals surface area contributed by atoms with E-state index in [0.717, 1.165) is 31.1 Å². The predicted molar refractivity (Wildman–Crippen MR) is 143 cm³/mol. The Kier molecular flexibility index (Phi) is 10.0. The number of carboxylic acids is 2. The lowest BCUT2D eigenvalue weighted by Crippen LogP contribution is -2.78. The van der Waals surface area contributed by atoms with Crippen LogP contribution in [0.1, 0.15) is 12.8 Å². The quantitative estimate of drug-likeness (QED) is 0.157. The van der Waals surface area contributed by atoms with Gasteiger partial charge in [-0.25, -0.2) is 0 Å². The first-order valence-corrected chi connectivity index (χ1v) is 12.8. The molecule has 0 saturated carbocycles. The molecule has 7 nitrogen and oxygen atoms in total. The van der Waals surface area contributed by atoms with Gasteiger partial charge in [0.1, 0.15) is 5.69 Å². The van der Waals surface area contributed by atoms with Crippen LogP contribution in [-0.2, 0) is 9.59 Å². The Balaban J connectivity index is 1.69.